The number of carbonyl (C=O) groups excluding carboxylic acids is 24. The lowest BCUT2D eigenvalue weighted by Gasteiger charge is -2.44. The number of esters is 24. The Hall–Kier alpha value is -15.0. The van der Waals surface area contributed by atoms with Crippen molar-refractivity contribution in [3.8, 4) is 0 Å². The molecule has 36 nitrogen and oxygen atoms in total. The van der Waals surface area contributed by atoms with Gasteiger partial charge in [-0.1, -0.05) is 160 Å². The van der Waals surface area contributed by atoms with Crippen LogP contribution in [0.5, 0.6) is 0 Å². The maximum absolute atomic E-state index is 12.3. The molecule has 24 rings (SSSR count). The van der Waals surface area contributed by atoms with Crippen molar-refractivity contribution in [2.24, 2.45) is 71.0 Å². The van der Waals surface area contributed by atoms with E-state index in [2.05, 4.69) is 14.2 Å². The zero-order chi connectivity index (χ0) is 101. The largest absolute Gasteiger partial charge is 0.393 e. The number of hydrogen-bond donors (Lipinski definition) is 0. The highest BCUT2D eigenvalue weighted by atomic mass is 16.6. The molecule has 12 saturated heterocycles. The van der Waals surface area contributed by atoms with Crippen LogP contribution in [0.15, 0.2) is 115 Å². The summed E-state index contributed by atoms with van der Waals surface area (Å²) in [5.74, 6) is -25.3. The molecule has 0 radical (unpaired) electrons. The monoisotopic (exact) mass is 1940 g/mol. The highest BCUT2D eigenvalue weighted by molar-refractivity contribution is 6.07. The molecule has 12 fully saturated rings. The minimum Gasteiger partial charge on any atom is -0.393 e. The van der Waals surface area contributed by atoms with E-state index in [0.29, 0.717) is 38.5 Å². The van der Waals surface area contributed by atoms with E-state index < -0.39 is 261 Å². The summed E-state index contributed by atoms with van der Waals surface area (Å²) in [7, 11) is 0. The molecule has 24 unspecified atom stereocenters. The number of rotatable bonds is 9. The molecule has 0 bridgehead atoms. The molecule has 0 N–H and O–H groups in total. The summed E-state index contributed by atoms with van der Waals surface area (Å²) in [5.41, 5.74) is 13.0. The fraction of sp³-hybridized carbons (Fsp3) is 0.434. The molecule has 24 atom stereocenters. The van der Waals surface area contributed by atoms with Crippen molar-refractivity contribution in [1.82, 2.24) is 0 Å². The van der Waals surface area contributed by atoms with Crippen LogP contribution >= 0.6 is 0 Å². The Labute approximate surface area is 806 Å². The van der Waals surface area contributed by atoms with Crippen molar-refractivity contribution in [2.45, 2.75) is 215 Å². The summed E-state index contributed by atoms with van der Waals surface area (Å²) in [6, 6.07) is 35.7. The van der Waals surface area contributed by atoms with Gasteiger partial charge in [-0.2, -0.15) is 0 Å². The van der Waals surface area contributed by atoms with Gasteiger partial charge in [0.1, 0.15) is 0 Å². The van der Waals surface area contributed by atoms with Gasteiger partial charge >= 0.3 is 143 Å². The molecule has 36 heteroatoms. The molecule has 0 saturated carbocycles. The van der Waals surface area contributed by atoms with E-state index >= 15 is 0 Å². The van der Waals surface area contributed by atoms with Gasteiger partial charge in [0.15, 0.2) is 0 Å². The van der Waals surface area contributed by atoms with Crippen molar-refractivity contribution >= 4 is 143 Å². The number of hydrogen-bond acceptors (Lipinski definition) is 36. The third-order valence-corrected chi connectivity index (χ3v) is 32.1. The summed E-state index contributed by atoms with van der Waals surface area (Å²) < 4.78 is 57.2. The standard InChI is InChI=1S/4C18H16O6.2C17H14O6/c1-8-3-4-11-9(5-8)14-10(15(20)24-17(14)22)7-18(11,2)12-6-13(19)23-16(12)21;1-2-8-3-4-9-10(12-7-14(19)23-16(12)20)6-13-15(11(9)5-8)18(22)24-17(13)21;1-2-8-3-4-9-10(5-8)11(12-7-14(19)23-16(12)20)6-13-15(9)18(22)24-17(13)21;1-2-18(12-7-13(19)23-16(12)21)8-10-14(17(22)24-15(10)20)9-5-3-4-6-11(9)18;1-7-2-3-8-9(11-6-13(18)22-15(11)19)5-12-14(10(8)4-7)17(21)23-16(12)20;1-7-2-3-8-9(4-7)10(11-6-13(18)22-15(11)19)5-12-14(8)17(21)23-16(12)20/h3-5,10,12,14H,6-7H2,1-2H3;3-5,10,12-13,15H,2,6-7H2,1H3;3-5,11-13,15H,2,6-7H2,1H3;3-6,10,12,14H,2,7-8H2,1H3;2-4,9,11-12,14H,5-6H2,1H3;2-4,10-12,14H,5-6H2,1H3. The van der Waals surface area contributed by atoms with Gasteiger partial charge in [0.2, 0.25) is 0 Å². The van der Waals surface area contributed by atoms with Crippen molar-refractivity contribution in [3.05, 3.63) is 210 Å². The molecule has 6 aliphatic carbocycles. The first-order valence-corrected chi connectivity index (χ1v) is 47.4. The summed E-state index contributed by atoms with van der Waals surface area (Å²) in [6.45, 7) is 13.5. The molecule has 6 aromatic rings. The second-order valence-electron chi connectivity index (χ2n) is 39.7. The van der Waals surface area contributed by atoms with Crippen LogP contribution in [0, 0.1) is 91.8 Å². The molecule has 732 valence electrons. The van der Waals surface area contributed by atoms with Gasteiger partial charge in [-0.25, -0.2) is 0 Å². The second kappa shape index (κ2) is 36.6. The molecule has 12 heterocycles. The minimum atomic E-state index is -0.753. The summed E-state index contributed by atoms with van der Waals surface area (Å²) in [4.78, 5) is 286. The van der Waals surface area contributed by atoms with Gasteiger partial charge in [-0.05, 0) is 180 Å². The molecule has 0 aromatic heterocycles. The number of ether oxygens (including phenoxy) is 12. The lowest BCUT2D eigenvalue weighted by Crippen LogP contribution is -2.45. The number of cyclic esters (lactones) is 24. The number of carbonyl (C=O) groups is 24. The topological polar surface area (TPSA) is 520 Å². The predicted molar refractivity (Wildman–Crippen MR) is 469 cm³/mol. The van der Waals surface area contributed by atoms with E-state index in [0.717, 1.165) is 107 Å². The molecule has 6 aromatic carbocycles. The Morgan fingerprint density at radius 2 is 0.521 bits per heavy atom. The Morgan fingerprint density at radius 1 is 0.232 bits per heavy atom. The van der Waals surface area contributed by atoms with Crippen molar-refractivity contribution < 1.29 is 172 Å². The van der Waals surface area contributed by atoms with Gasteiger partial charge < -0.3 is 56.8 Å². The molecule has 18 aliphatic rings. The van der Waals surface area contributed by atoms with Crippen LogP contribution in [0.2, 0.25) is 0 Å². The molecule has 142 heavy (non-hydrogen) atoms. The average molecular weight is 1940 g/mol. The second-order valence-corrected chi connectivity index (χ2v) is 39.7. The SMILES string of the molecule is CCC1(C2CC(=O)OC2=O)CC2C(=O)OC(=O)C2c2ccccc21.CCc1ccc2c(c1)C(C1CC(=O)OC1=O)CC1C(=O)OC(=O)C21.CCc1ccc2c(c1)C1C(=O)OC(=O)C1CC2C1CC(=O)OC1=O.Cc1ccc2c(c1)C(C1CC(=O)OC1=O)CC1C(=O)OC(=O)C21.Cc1ccc2c(c1)C1C(=O)OC(=O)C1CC2(C)C1CC(=O)OC1=O.Cc1ccc2c(c1)C1C(=O)OC(=O)C1CC2C1CC(=O)OC1=O. The molecule has 12 aliphatic heterocycles. The summed E-state index contributed by atoms with van der Waals surface area (Å²) in [6.07, 6.45) is 4.07. The van der Waals surface area contributed by atoms with Crippen LogP contribution in [-0.2, 0) is 196 Å². The van der Waals surface area contributed by atoms with E-state index in [1.807, 2.05) is 152 Å². The van der Waals surface area contributed by atoms with E-state index in [4.69, 9.17) is 42.6 Å². The fourth-order valence-corrected chi connectivity index (χ4v) is 25.3. The smallest absolute Gasteiger partial charge is 0.321 e. The van der Waals surface area contributed by atoms with Gasteiger partial charge in [0.05, 0.1) is 145 Å². The van der Waals surface area contributed by atoms with Crippen molar-refractivity contribution in [3.63, 3.8) is 0 Å². The van der Waals surface area contributed by atoms with E-state index in [9.17, 15) is 115 Å². The maximum atomic E-state index is 12.3. The molecular formula is C106H92O36. The quantitative estimate of drug-likeness (QED) is 0.0739. The lowest BCUT2D eigenvalue weighted by molar-refractivity contribution is -0.156. The van der Waals surface area contributed by atoms with Gasteiger partial charge in [-0.3, -0.25) is 115 Å². The van der Waals surface area contributed by atoms with E-state index in [-0.39, 0.29) is 68.6 Å². The van der Waals surface area contributed by atoms with E-state index in [1.54, 1.807) is 12.1 Å². The van der Waals surface area contributed by atoms with Crippen LogP contribution in [0.25, 0.3) is 0 Å². The van der Waals surface area contributed by atoms with Crippen LogP contribution in [0.1, 0.15) is 265 Å². The minimum absolute atomic E-state index is 0.00138. The zero-order valence-electron chi connectivity index (χ0n) is 77.5. The van der Waals surface area contributed by atoms with E-state index in [1.165, 1.54) is 0 Å². The first-order valence-electron chi connectivity index (χ1n) is 47.4. The Kier molecular flexibility index (Phi) is 24.7. The molecule has 0 amide bonds. The predicted octanol–water partition coefficient (Wildman–Crippen LogP) is 9.07. The number of aryl methyl sites for hydroxylation is 5. The van der Waals surface area contributed by atoms with Crippen LogP contribution in [0.3, 0.4) is 0 Å². The number of fused-ring (bicyclic) bond motifs is 18. The Bertz CT molecular complexity index is 6720. The van der Waals surface area contributed by atoms with Gasteiger partial charge in [0, 0.05) is 10.8 Å². The third kappa shape index (κ3) is 16.4. The summed E-state index contributed by atoms with van der Waals surface area (Å²) >= 11 is 0. The van der Waals surface area contributed by atoms with Crippen molar-refractivity contribution in [1.29, 1.82) is 0 Å². The molecular weight excluding hydrogens is 1850 g/mol. The number of benzene rings is 6. The Morgan fingerprint density at radius 3 is 0.908 bits per heavy atom. The average Bonchev–Trinajstić information content (AvgIpc) is 1.52. The highest BCUT2D eigenvalue weighted by Crippen LogP contribution is 2.61. The molecule has 0 spiro atoms. The zero-order valence-corrected chi connectivity index (χ0v) is 77.5. The lowest BCUT2D eigenvalue weighted by atomic mass is 9.56. The maximum Gasteiger partial charge on any atom is 0.321 e. The van der Waals surface area contributed by atoms with Gasteiger partial charge in [0.25, 0.3) is 0 Å². The summed E-state index contributed by atoms with van der Waals surface area (Å²) in [5, 5.41) is 0. The van der Waals surface area contributed by atoms with Crippen LogP contribution in [-0.4, -0.2) is 143 Å². The van der Waals surface area contributed by atoms with Gasteiger partial charge in [-0.15, -0.1) is 0 Å². The highest BCUT2D eigenvalue weighted by Gasteiger charge is 2.64. The van der Waals surface area contributed by atoms with Crippen molar-refractivity contribution in [2.75, 3.05) is 0 Å². The normalized spacial score (nSPS) is 32.9. The fourth-order valence-electron chi connectivity index (χ4n) is 25.3. The third-order valence-electron chi connectivity index (χ3n) is 32.1. The first kappa shape index (κ1) is 95.9. The first-order chi connectivity index (χ1) is 67.7. The van der Waals surface area contributed by atoms with Crippen LogP contribution in [0.4, 0.5) is 0 Å². The van der Waals surface area contributed by atoms with Crippen LogP contribution < -0.4 is 0 Å². The Balaban J connectivity index is 0.000000108.